The van der Waals surface area contributed by atoms with E-state index < -0.39 is 47.0 Å². The fraction of sp³-hybridized carbons (Fsp3) is 0.108. The molecule has 0 saturated heterocycles. The van der Waals surface area contributed by atoms with Gasteiger partial charge >= 0.3 is 5.97 Å². The first-order valence-electron chi connectivity index (χ1n) is 15.1. The molecule has 14 heteroatoms. The van der Waals surface area contributed by atoms with Crippen molar-refractivity contribution in [2.24, 2.45) is 0 Å². The Hall–Kier alpha value is -7.09. The van der Waals surface area contributed by atoms with Gasteiger partial charge in [-0.15, -0.1) is 0 Å². The normalized spacial score (nSPS) is 15.7. The van der Waals surface area contributed by atoms with Crippen LogP contribution in [0.25, 0.3) is 0 Å². The molecule has 2 unspecified atom stereocenters. The Morgan fingerprint density at radius 2 is 1.35 bits per heavy atom. The van der Waals surface area contributed by atoms with Crippen molar-refractivity contribution < 1.29 is 69.8 Å². The molecule has 1 heterocycles. The lowest BCUT2D eigenvalue weighted by atomic mass is 9.82. The second-order valence-corrected chi connectivity index (χ2v) is 11.8. The van der Waals surface area contributed by atoms with E-state index in [0.717, 1.165) is 18.2 Å². The molecule has 0 bridgehead atoms. The summed E-state index contributed by atoms with van der Waals surface area (Å²) >= 11 is 0. The van der Waals surface area contributed by atoms with Crippen LogP contribution in [0.5, 0.6) is 57.5 Å². The van der Waals surface area contributed by atoms with Crippen LogP contribution in [0.1, 0.15) is 65.0 Å². The van der Waals surface area contributed by atoms with E-state index >= 15 is 0 Å². The minimum absolute atomic E-state index is 0.0374. The van der Waals surface area contributed by atoms with Gasteiger partial charge in [-0.05, 0) is 55.0 Å². The third-order valence-corrected chi connectivity index (χ3v) is 8.31. The van der Waals surface area contributed by atoms with E-state index in [1.165, 1.54) is 48.5 Å². The number of phenolic OH excluding ortho intramolecular Hbond substituents is 9. The molecule has 2 atom stereocenters. The van der Waals surface area contributed by atoms with Gasteiger partial charge in [0.2, 0.25) is 5.78 Å². The van der Waals surface area contributed by atoms with Crippen LogP contribution < -0.4 is 4.74 Å². The van der Waals surface area contributed by atoms with Crippen LogP contribution in [0.4, 0.5) is 0 Å². The summed E-state index contributed by atoms with van der Waals surface area (Å²) in [7, 11) is 0. The molecular weight excluding hydrogens is 668 g/mol. The summed E-state index contributed by atoms with van der Waals surface area (Å²) in [4.78, 5) is 37.4. The van der Waals surface area contributed by atoms with Gasteiger partial charge in [-0.1, -0.05) is 18.2 Å². The average molecular weight is 697 g/mol. The van der Waals surface area contributed by atoms with Crippen LogP contribution in [-0.2, 0) is 11.2 Å². The zero-order valence-electron chi connectivity index (χ0n) is 26.4. The summed E-state index contributed by atoms with van der Waals surface area (Å²) in [5.41, 5.74) is 1.29. The molecule has 0 amide bonds. The molecule has 51 heavy (non-hydrogen) atoms. The van der Waals surface area contributed by atoms with Gasteiger partial charge in [-0.2, -0.15) is 0 Å². The maximum atomic E-state index is 12.7. The van der Waals surface area contributed by atoms with Gasteiger partial charge in [-0.25, -0.2) is 4.79 Å². The Bertz CT molecular complexity index is 2250. The summed E-state index contributed by atoms with van der Waals surface area (Å²) < 4.78 is 11.4. The minimum atomic E-state index is -1.06. The van der Waals surface area contributed by atoms with Gasteiger partial charge in [0.15, 0.2) is 40.6 Å². The zero-order chi connectivity index (χ0) is 36.9. The third-order valence-electron chi connectivity index (χ3n) is 8.31. The van der Waals surface area contributed by atoms with Crippen molar-refractivity contribution in [1.29, 1.82) is 0 Å². The molecule has 5 aromatic carbocycles. The van der Waals surface area contributed by atoms with Crippen LogP contribution in [0.3, 0.4) is 0 Å². The SMILES string of the molecule is Cc1cc(O)c2c(c1)C(=O)c1cccc(O)c1C2=O.O=C(OC1Cc2c(O)cc(O)cc2OC1c1ccc(O)c(O)c1)c1cc(O)c(O)c(O)c1. The maximum absolute atomic E-state index is 12.7. The average Bonchev–Trinajstić information content (AvgIpc) is 3.07. The van der Waals surface area contributed by atoms with Gasteiger partial charge in [0.25, 0.3) is 0 Å². The van der Waals surface area contributed by atoms with Crippen LogP contribution in [0.15, 0.2) is 72.8 Å². The number of fused-ring (bicyclic) bond motifs is 3. The van der Waals surface area contributed by atoms with Crippen molar-refractivity contribution in [3.63, 3.8) is 0 Å². The molecular formula is C37H28O14. The number of benzene rings is 5. The summed E-state index contributed by atoms with van der Waals surface area (Å²) in [5, 5.41) is 87.9. The molecule has 0 fully saturated rings. The molecule has 2 aliphatic rings. The smallest absolute Gasteiger partial charge is 0.338 e. The van der Waals surface area contributed by atoms with Crippen molar-refractivity contribution in [1.82, 2.24) is 0 Å². The zero-order valence-corrected chi connectivity index (χ0v) is 26.4. The van der Waals surface area contributed by atoms with Gasteiger partial charge < -0.3 is 55.4 Å². The highest BCUT2D eigenvalue weighted by molar-refractivity contribution is 6.30. The summed E-state index contributed by atoms with van der Waals surface area (Å²) in [6, 6.07) is 15.4. The second-order valence-electron chi connectivity index (χ2n) is 11.8. The molecule has 0 spiro atoms. The van der Waals surface area contributed by atoms with Crippen molar-refractivity contribution >= 4 is 17.5 Å². The van der Waals surface area contributed by atoms with E-state index in [-0.39, 0.29) is 80.1 Å². The molecule has 260 valence electrons. The molecule has 7 rings (SSSR count). The Morgan fingerprint density at radius 1 is 0.667 bits per heavy atom. The molecule has 0 radical (unpaired) electrons. The molecule has 9 N–H and O–H groups in total. The first kappa shape index (κ1) is 33.8. The minimum Gasteiger partial charge on any atom is -0.508 e. The fourth-order valence-electron chi connectivity index (χ4n) is 5.90. The van der Waals surface area contributed by atoms with Crippen LogP contribution in [-0.4, -0.2) is 69.6 Å². The highest BCUT2D eigenvalue weighted by atomic mass is 16.6. The highest BCUT2D eigenvalue weighted by Gasteiger charge is 2.37. The van der Waals surface area contributed by atoms with E-state index in [4.69, 9.17) is 9.47 Å². The summed E-state index contributed by atoms with van der Waals surface area (Å²) in [6.07, 6.45) is -2.12. The van der Waals surface area contributed by atoms with Crippen LogP contribution in [0, 0.1) is 6.92 Å². The number of esters is 1. The van der Waals surface area contributed by atoms with Crippen molar-refractivity contribution in [3.8, 4) is 57.5 Å². The second kappa shape index (κ2) is 12.7. The van der Waals surface area contributed by atoms with Gasteiger partial charge in [0.05, 0.1) is 16.7 Å². The third kappa shape index (κ3) is 6.17. The van der Waals surface area contributed by atoms with Crippen molar-refractivity contribution in [2.75, 3.05) is 0 Å². The standard InChI is InChI=1S/C22H18O10.C15H10O4/c23-11-6-14(25)12-8-19(32-22(30)10-4-16(27)20(29)17(28)5-10)21(31-18(12)7-11)9-1-2-13(24)15(26)3-9;1-7-5-9-13(11(17)6-7)15(19)12-8(14(9)18)3-2-4-10(12)16/h1-7,19,21,23-29H,8H2;2-6,16-17H,1H3. The Balaban J connectivity index is 0.000000200. The lowest BCUT2D eigenvalue weighted by molar-refractivity contribution is -0.0189. The number of phenols is 9. The molecule has 1 aliphatic carbocycles. The molecule has 14 nitrogen and oxygen atoms in total. The fourth-order valence-corrected chi connectivity index (χ4v) is 5.90. The van der Waals surface area contributed by atoms with Crippen molar-refractivity contribution in [2.45, 2.75) is 25.6 Å². The number of carbonyl (C=O) groups excluding carboxylic acids is 3. The number of rotatable bonds is 3. The molecule has 0 aromatic heterocycles. The van der Waals surface area contributed by atoms with Gasteiger partial charge in [-0.3, -0.25) is 9.59 Å². The number of hydrogen-bond acceptors (Lipinski definition) is 14. The monoisotopic (exact) mass is 696 g/mol. The lowest BCUT2D eigenvalue weighted by Crippen LogP contribution is -2.34. The first-order valence-corrected chi connectivity index (χ1v) is 15.1. The number of hydrogen-bond donors (Lipinski definition) is 9. The number of aryl methyl sites for hydroxylation is 1. The van der Waals surface area contributed by atoms with E-state index in [0.29, 0.717) is 11.1 Å². The first-order chi connectivity index (χ1) is 24.1. The largest absolute Gasteiger partial charge is 0.508 e. The number of ketones is 2. The van der Waals surface area contributed by atoms with Gasteiger partial charge in [0.1, 0.15) is 34.9 Å². The van der Waals surface area contributed by atoms with E-state index in [1.807, 2.05) is 0 Å². The van der Waals surface area contributed by atoms with Crippen molar-refractivity contribution in [3.05, 3.63) is 117 Å². The molecule has 1 aliphatic heterocycles. The maximum Gasteiger partial charge on any atom is 0.338 e. The van der Waals surface area contributed by atoms with Crippen LogP contribution in [0.2, 0.25) is 0 Å². The molecule has 0 saturated carbocycles. The van der Waals surface area contributed by atoms with E-state index in [2.05, 4.69) is 0 Å². The Labute approximate surface area is 287 Å². The van der Waals surface area contributed by atoms with Crippen LogP contribution >= 0.6 is 0 Å². The summed E-state index contributed by atoms with van der Waals surface area (Å²) in [5.74, 6) is -5.80. The quantitative estimate of drug-likeness (QED) is 0.0898. The predicted molar refractivity (Wildman–Crippen MR) is 175 cm³/mol. The number of carbonyl (C=O) groups is 3. The number of aromatic hydroxyl groups is 9. The lowest BCUT2D eigenvalue weighted by Gasteiger charge is -2.34. The molecule has 5 aromatic rings. The van der Waals surface area contributed by atoms with E-state index in [1.54, 1.807) is 13.0 Å². The van der Waals surface area contributed by atoms with Gasteiger partial charge in [0, 0.05) is 40.8 Å². The summed E-state index contributed by atoms with van der Waals surface area (Å²) in [6.45, 7) is 1.73. The topological polar surface area (TPSA) is 252 Å². The highest BCUT2D eigenvalue weighted by Crippen LogP contribution is 2.44. The Morgan fingerprint density at radius 3 is 2.04 bits per heavy atom. The van der Waals surface area contributed by atoms with E-state index in [9.17, 15) is 60.3 Å². The number of ether oxygens (including phenoxy) is 2. The predicted octanol–water partition coefficient (Wildman–Crippen LogP) is 4.71. The Kier molecular flexibility index (Phi) is 8.44.